The van der Waals surface area contributed by atoms with Crippen LogP contribution in [0.15, 0.2) is 10.5 Å². The molecule has 0 fully saturated rings. The van der Waals surface area contributed by atoms with Crippen LogP contribution in [-0.2, 0) is 9.47 Å². The first-order valence-corrected chi connectivity index (χ1v) is 4.54. The van der Waals surface area contributed by atoms with Gasteiger partial charge in [-0.25, -0.2) is 0 Å². The van der Waals surface area contributed by atoms with Crippen molar-refractivity contribution in [1.82, 2.24) is 0 Å². The van der Waals surface area contributed by atoms with Gasteiger partial charge in [0.15, 0.2) is 0 Å². The molecule has 0 unspecified atom stereocenters. The maximum atomic E-state index is 11.2. The molecule has 0 aliphatic heterocycles. The number of hydrogen-bond donors (Lipinski definition) is 0. The normalized spacial score (nSPS) is 7.68. The molecular weight excluding hydrogens is 302 g/mol. The van der Waals surface area contributed by atoms with Gasteiger partial charge in [0.1, 0.15) is 5.76 Å². The van der Waals surface area contributed by atoms with E-state index in [2.05, 4.69) is 15.5 Å². The van der Waals surface area contributed by atoms with Crippen LogP contribution < -0.4 is 43.7 Å². The Hall–Kier alpha value is 0.164. The topological polar surface area (TPSA) is 65.7 Å². The summed E-state index contributed by atoms with van der Waals surface area (Å²) in [6.07, 6.45) is 0. The summed E-state index contributed by atoms with van der Waals surface area (Å²) in [5.74, 6) is -1.45. The van der Waals surface area contributed by atoms with Crippen molar-refractivity contribution in [2.45, 2.75) is 13.8 Å². The summed E-state index contributed by atoms with van der Waals surface area (Å²) < 4.78 is 14.2. The number of hydrogen-bond acceptors (Lipinski definition) is 5. The predicted octanol–water partition coefficient (Wildman–Crippen LogP) is -7.94. The quantitative estimate of drug-likeness (QED) is 0.314. The van der Waals surface area contributed by atoms with Crippen molar-refractivity contribution < 1.29 is 67.2 Å². The van der Waals surface area contributed by atoms with Crippen molar-refractivity contribution in [3.05, 3.63) is 23.7 Å². The molecule has 0 saturated carbocycles. The van der Waals surface area contributed by atoms with Crippen molar-refractivity contribution >= 4 is 35.0 Å². The summed E-state index contributed by atoms with van der Waals surface area (Å²) >= 11 is 0. The molecule has 0 aliphatic rings. The number of ether oxygens (including phenoxy) is 2. The van der Waals surface area contributed by atoms with E-state index in [9.17, 15) is 9.59 Å². The smallest absolute Gasteiger partial charge is 1.00 e. The Morgan fingerprint density at radius 2 is 1.63 bits per heavy atom. The molecule has 0 aliphatic carbocycles. The molecule has 1 aromatic heterocycles. The SMILES string of the molecule is CCOC(=O)c1[c-]cc(C(=O)OCC)o1.[Cl-].[Cl-].[Li+].[Mg+2]. The number of halogens is 2. The predicted molar refractivity (Wildman–Crippen MR) is 55.2 cm³/mol. The van der Waals surface area contributed by atoms with Crippen LogP contribution >= 0.6 is 0 Å². The average molecular weight is 313 g/mol. The third-order valence-electron chi connectivity index (χ3n) is 1.48. The van der Waals surface area contributed by atoms with Gasteiger partial charge in [-0.3, -0.25) is 4.79 Å². The molecule has 0 amide bonds. The van der Waals surface area contributed by atoms with E-state index in [1.165, 1.54) is 6.07 Å². The number of esters is 2. The minimum absolute atomic E-state index is 0. The first-order valence-electron chi connectivity index (χ1n) is 4.54. The Bertz CT molecular complexity index is 340. The fourth-order valence-electron chi connectivity index (χ4n) is 0.900. The number of carbonyl (C=O) groups excluding carboxylic acids is 2. The molecule has 5 nitrogen and oxygen atoms in total. The molecule has 1 aromatic rings. The van der Waals surface area contributed by atoms with E-state index >= 15 is 0 Å². The number of furan rings is 1. The summed E-state index contributed by atoms with van der Waals surface area (Å²) in [4.78, 5) is 22.3. The molecule has 0 atom stereocenters. The van der Waals surface area contributed by atoms with Crippen LogP contribution in [-0.4, -0.2) is 48.2 Å². The summed E-state index contributed by atoms with van der Waals surface area (Å²) in [6.45, 7) is 3.83. The molecule has 19 heavy (non-hydrogen) atoms. The fraction of sp³-hybridized carbons (Fsp3) is 0.400. The molecule has 0 aromatic carbocycles. The molecule has 0 radical (unpaired) electrons. The van der Waals surface area contributed by atoms with Gasteiger partial charge in [0.25, 0.3) is 5.97 Å². The molecule has 0 saturated heterocycles. The van der Waals surface area contributed by atoms with Gasteiger partial charge < -0.3 is 43.5 Å². The monoisotopic (exact) mass is 312 g/mol. The van der Waals surface area contributed by atoms with Crippen molar-refractivity contribution in [3.8, 4) is 0 Å². The Morgan fingerprint density at radius 1 is 1.16 bits per heavy atom. The van der Waals surface area contributed by atoms with Gasteiger partial charge in [-0.15, -0.1) is 12.1 Å². The van der Waals surface area contributed by atoms with Gasteiger partial charge in [0.05, 0.1) is 19.0 Å². The molecule has 0 bridgehead atoms. The van der Waals surface area contributed by atoms with Gasteiger partial charge in [0, 0.05) is 0 Å². The Balaban J connectivity index is -0.000000281. The van der Waals surface area contributed by atoms with E-state index < -0.39 is 11.9 Å². The second kappa shape index (κ2) is 14.6. The molecule has 1 heterocycles. The molecule has 98 valence electrons. The van der Waals surface area contributed by atoms with Crippen molar-refractivity contribution in [1.29, 1.82) is 0 Å². The molecule has 9 heteroatoms. The summed E-state index contributed by atoms with van der Waals surface area (Å²) in [5.41, 5.74) is 0. The zero-order valence-electron chi connectivity index (χ0n) is 11.0. The van der Waals surface area contributed by atoms with Crippen LogP contribution in [0, 0.1) is 6.07 Å². The van der Waals surface area contributed by atoms with E-state index in [-0.39, 0.29) is 91.5 Å². The molecule has 1 rings (SSSR count). The van der Waals surface area contributed by atoms with Gasteiger partial charge in [-0.1, -0.05) is 0 Å². The van der Waals surface area contributed by atoms with Crippen molar-refractivity contribution in [3.63, 3.8) is 0 Å². The Kier molecular flexibility index (Phi) is 21.1. The number of rotatable bonds is 4. The van der Waals surface area contributed by atoms with E-state index in [1.54, 1.807) is 13.8 Å². The second-order valence-electron chi connectivity index (χ2n) is 2.53. The summed E-state index contributed by atoms with van der Waals surface area (Å²) in [6, 6.07) is 3.74. The van der Waals surface area contributed by atoms with Gasteiger partial charge >= 0.3 is 47.9 Å². The van der Waals surface area contributed by atoms with Gasteiger partial charge in [-0.05, 0) is 13.8 Å². The first kappa shape index (κ1) is 27.5. The maximum Gasteiger partial charge on any atom is 2.00 e. The van der Waals surface area contributed by atoms with E-state index in [0.29, 0.717) is 0 Å². The minimum Gasteiger partial charge on any atom is -1.00 e. The zero-order valence-corrected chi connectivity index (χ0v) is 13.9. The molecule has 0 N–H and O–H groups in total. The van der Waals surface area contributed by atoms with E-state index in [1.807, 2.05) is 0 Å². The minimum atomic E-state index is -0.645. The number of carbonyl (C=O) groups is 2. The van der Waals surface area contributed by atoms with Crippen LogP contribution in [0.2, 0.25) is 0 Å². The van der Waals surface area contributed by atoms with E-state index in [0.717, 1.165) is 0 Å². The largest absolute Gasteiger partial charge is 2.00 e. The van der Waals surface area contributed by atoms with Crippen LogP contribution in [0.1, 0.15) is 35.0 Å². The van der Waals surface area contributed by atoms with Crippen LogP contribution in [0.3, 0.4) is 0 Å². The van der Waals surface area contributed by atoms with Crippen LogP contribution in [0.5, 0.6) is 0 Å². The van der Waals surface area contributed by atoms with E-state index in [4.69, 9.17) is 4.42 Å². The maximum absolute atomic E-state index is 11.2. The second-order valence-corrected chi connectivity index (χ2v) is 2.53. The summed E-state index contributed by atoms with van der Waals surface area (Å²) in [5, 5.41) is 0. The molecular formula is C10H11Cl2LiMgO5. The van der Waals surface area contributed by atoms with Crippen LogP contribution in [0.25, 0.3) is 0 Å². The average Bonchev–Trinajstić information content (AvgIpc) is 2.67. The zero-order chi connectivity index (χ0) is 11.3. The third-order valence-corrected chi connectivity index (χ3v) is 1.48. The van der Waals surface area contributed by atoms with Crippen LogP contribution in [0.4, 0.5) is 0 Å². The van der Waals surface area contributed by atoms with Gasteiger partial charge in [0.2, 0.25) is 0 Å². The molecule has 0 spiro atoms. The first-order chi connectivity index (χ1) is 7.19. The van der Waals surface area contributed by atoms with Gasteiger partial charge in [-0.2, -0.15) is 0 Å². The summed E-state index contributed by atoms with van der Waals surface area (Å²) in [7, 11) is 0. The Morgan fingerprint density at radius 3 is 2.11 bits per heavy atom. The standard InChI is InChI=1S/C10H11O5.2ClH.Li.Mg/c1-3-13-9(11)7-5-6-8(15-7)10(12)14-4-2;;;;/h5H,3-4H2,1-2H3;2*1H;;/q-1;;;+1;+2/p-2. The third kappa shape index (κ3) is 8.84. The van der Waals surface area contributed by atoms with Crippen molar-refractivity contribution in [2.75, 3.05) is 13.2 Å². The Labute approximate surface area is 152 Å². The van der Waals surface area contributed by atoms with Crippen molar-refractivity contribution in [2.24, 2.45) is 0 Å². The fourth-order valence-corrected chi connectivity index (χ4v) is 0.900.